The van der Waals surface area contributed by atoms with E-state index in [-0.39, 0.29) is 12.6 Å². The van der Waals surface area contributed by atoms with Crippen molar-refractivity contribution in [3.05, 3.63) is 75.4 Å². The van der Waals surface area contributed by atoms with Crippen LogP contribution in [0, 0.1) is 13.8 Å². The van der Waals surface area contributed by atoms with Gasteiger partial charge in [-0.2, -0.15) is 0 Å². The maximum atomic E-state index is 12.9. The van der Waals surface area contributed by atoms with Crippen LogP contribution in [-0.2, 0) is 9.53 Å². The van der Waals surface area contributed by atoms with E-state index in [1.165, 1.54) is 11.8 Å². The number of esters is 1. The third kappa shape index (κ3) is 5.14. The van der Waals surface area contributed by atoms with Crippen LogP contribution in [0.15, 0.2) is 58.6 Å². The van der Waals surface area contributed by atoms with Gasteiger partial charge in [-0.1, -0.05) is 35.4 Å². The van der Waals surface area contributed by atoms with Gasteiger partial charge in [-0.3, -0.25) is 0 Å². The number of carbonyl (C=O) groups is 2. The number of amides is 2. The summed E-state index contributed by atoms with van der Waals surface area (Å²) < 4.78 is 5.32. The minimum Gasteiger partial charge on any atom is -0.463 e. The van der Waals surface area contributed by atoms with Crippen LogP contribution < -0.4 is 10.6 Å². The van der Waals surface area contributed by atoms with Crippen molar-refractivity contribution < 1.29 is 14.3 Å². The molecule has 7 heteroatoms. The first-order valence-corrected chi connectivity index (χ1v) is 10.7. The average Bonchev–Trinajstić information content (AvgIpc) is 2.69. The van der Waals surface area contributed by atoms with Gasteiger partial charge >= 0.3 is 12.0 Å². The number of hydrogen-bond donors (Lipinski definition) is 2. The van der Waals surface area contributed by atoms with Crippen LogP contribution in [0.3, 0.4) is 0 Å². The highest BCUT2D eigenvalue weighted by Gasteiger charge is 2.34. The van der Waals surface area contributed by atoms with E-state index >= 15 is 0 Å². The summed E-state index contributed by atoms with van der Waals surface area (Å²) in [7, 11) is 0. The Bertz CT molecular complexity index is 957. The third-order valence-electron chi connectivity index (χ3n) is 4.59. The average molecular weight is 431 g/mol. The molecule has 5 nitrogen and oxygen atoms in total. The molecule has 1 unspecified atom stereocenters. The van der Waals surface area contributed by atoms with Crippen LogP contribution in [-0.4, -0.2) is 24.4 Å². The zero-order valence-electron chi connectivity index (χ0n) is 16.5. The van der Waals surface area contributed by atoms with Gasteiger partial charge in [0, 0.05) is 21.4 Å². The maximum absolute atomic E-state index is 12.9. The monoisotopic (exact) mass is 430 g/mol. The van der Waals surface area contributed by atoms with Crippen LogP contribution >= 0.6 is 23.4 Å². The van der Waals surface area contributed by atoms with E-state index in [0.717, 1.165) is 21.6 Å². The summed E-state index contributed by atoms with van der Waals surface area (Å²) in [6, 6.07) is 12.5. The van der Waals surface area contributed by atoms with Crippen LogP contribution in [0.5, 0.6) is 0 Å². The lowest BCUT2D eigenvalue weighted by Gasteiger charge is -2.30. The number of rotatable bonds is 6. The fourth-order valence-electron chi connectivity index (χ4n) is 3.17. The zero-order valence-corrected chi connectivity index (χ0v) is 18.1. The molecule has 3 rings (SSSR count). The number of thioether (sulfide) groups is 1. The Morgan fingerprint density at radius 3 is 2.59 bits per heavy atom. The summed E-state index contributed by atoms with van der Waals surface area (Å²) in [6.45, 7) is 5.97. The Kier molecular flexibility index (Phi) is 6.87. The van der Waals surface area contributed by atoms with Crippen molar-refractivity contribution in [3.63, 3.8) is 0 Å². The van der Waals surface area contributed by atoms with Crippen molar-refractivity contribution in [2.24, 2.45) is 0 Å². The Morgan fingerprint density at radius 1 is 1.17 bits per heavy atom. The van der Waals surface area contributed by atoms with Crippen molar-refractivity contribution in [2.75, 3.05) is 12.4 Å². The van der Waals surface area contributed by atoms with E-state index in [1.54, 1.807) is 6.92 Å². The highest BCUT2D eigenvalue weighted by Crippen LogP contribution is 2.32. The molecule has 152 valence electrons. The van der Waals surface area contributed by atoms with Gasteiger partial charge in [0.2, 0.25) is 0 Å². The highest BCUT2D eigenvalue weighted by atomic mass is 35.5. The number of halogens is 1. The number of hydrogen-bond acceptors (Lipinski definition) is 4. The van der Waals surface area contributed by atoms with Gasteiger partial charge in [0.1, 0.15) is 0 Å². The number of carbonyl (C=O) groups excluding carboxylic acids is 2. The molecule has 0 saturated heterocycles. The van der Waals surface area contributed by atoms with E-state index in [0.29, 0.717) is 22.0 Å². The smallest absolute Gasteiger partial charge is 0.338 e. The molecular weight excluding hydrogens is 408 g/mol. The molecule has 0 saturated carbocycles. The van der Waals surface area contributed by atoms with Crippen molar-refractivity contribution >= 4 is 35.4 Å². The minimum absolute atomic E-state index is 0.257. The fourth-order valence-corrected chi connectivity index (χ4v) is 4.17. The molecule has 2 amide bonds. The van der Waals surface area contributed by atoms with Crippen molar-refractivity contribution in [3.8, 4) is 0 Å². The lowest BCUT2D eigenvalue weighted by Crippen LogP contribution is -2.46. The Balaban J connectivity index is 2.00. The number of urea groups is 1. The topological polar surface area (TPSA) is 67.4 Å². The maximum Gasteiger partial charge on any atom is 0.338 e. The van der Waals surface area contributed by atoms with Crippen molar-refractivity contribution in [2.45, 2.75) is 31.7 Å². The van der Waals surface area contributed by atoms with Crippen LogP contribution in [0.2, 0.25) is 5.02 Å². The van der Waals surface area contributed by atoms with E-state index in [4.69, 9.17) is 16.3 Å². The first-order chi connectivity index (χ1) is 13.9. The SMILES string of the molecule is CCOC(=O)C1=C(CSc2ccc(Cl)cc2)NC(=O)NC1c1cc(C)ccc1C. The molecule has 0 fully saturated rings. The van der Waals surface area contributed by atoms with Gasteiger partial charge in [-0.25, -0.2) is 9.59 Å². The molecule has 1 aliphatic rings. The lowest BCUT2D eigenvalue weighted by molar-refractivity contribution is -0.139. The second-order valence-electron chi connectivity index (χ2n) is 6.75. The highest BCUT2D eigenvalue weighted by molar-refractivity contribution is 7.99. The van der Waals surface area contributed by atoms with Crippen molar-refractivity contribution in [1.29, 1.82) is 0 Å². The normalized spacial score (nSPS) is 16.3. The molecule has 2 aromatic rings. The molecule has 1 heterocycles. The summed E-state index contributed by atoms with van der Waals surface area (Å²) in [4.78, 5) is 26.2. The molecule has 0 bridgehead atoms. The predicted octanol–water partition coefficient (Wildman–Crippen LogP) is 4.92. The summed E-state index contributed by atoms with van der Waals surface area (Å²) in [5, 5.41) is 6.35. The molecule has 0 aliphatic carbocycles. The molecule has 29 heavy (non-hydrogen) atoms. The molecule has 2 N–H and O–H groups in total. The summed E-state index contributed by atoms with van der Waals surface area (Å²) in [6.07, 6.45) is 0. The number of ether oxygens (including phenoxy) is 1. The van der Waals surface area contributed by atoms with Gasteiger partial charge in [0.25, 0.3) is 0 Å². The second kappa shape index (κ2) is 9.37. The quantitative estimate of drug-likeness (QED) is 0.504. The molecule has 0 spiro atoms. The zero-order chi connectivity index (χ0) is 21.0. The summed E-state index contributed by atoms with van der Waals surface area (Å²) in [5.41, 5.74) is 3.92. The van der Waals surface area contributed by atoms with Gasteiger partial charge in [0.05, 0.1) is 18.2 Å². The van der Waals surface area contributed by atoms with Crippen LogP contribution in [0.25, 0.3) is 0 Å². The number of aryl methyl sites for hydroxylation is 2. The van der Waals surface area contributed by atoms with Crippen LogP contribution in [0.4, 0.5) is 4.79 Å². The fraction of sp³-hybridized carbons (Fsp3) is 0.273. The molecule has 1 aliphatic heterocycles. The second-order valence-corrected chi connectivity index (χ2v) is 8.23. The van der Waals surface area contributed by atoms with E-state index in [9.17, 15) is 9.59 Å². The molecule has 1 atom stereocenters. The largest absolute Gasteiger partial charge is 0.463 e. The van der Waals surface area contributed by atoms with Gasteiger partial charge in [0.15, 0.2) is 0 Å². The van der Waals surface area contributed by atoms with Gasteiger partial charge < -0.3 is 15.4 Å². The molecular formula is C22H23ClN2O3S. The summed E-state index contributed by atoms with van der Waals surface area (Å²) in [5.74, 6) is -0.0116. The Labute approximate surface area is 179 Å². The molecule has 0 radical (unpaired) electrons. The minimum atomic E-state index is -0.566. The third-order valence-corrected chi connectivity index (χ3v) is 5.88. The first kappa shape index (κ1) is 21.3. The van der Waals surface area contributed by atoms with Gasteiger partial charge in [-0.15, -0.1) is 11.8 Å². The standard InChI is InChI=1S/C22H23ClN2O3S/c1-4-28-21(26)19-18(12-29-16-9-7-15(23)8-10-16)24-22(27)25-20(19)17-11-13(2)5-6-14(17)3/h5-11,20H,4,12H2,1-3H3,(H2,24,25,27). The number of nitrogens with one attached hydrogen (secondary N) is 2. The summed E-state index contributed by atoms with van der Waals surface area (Å²) >= 11 is 7.46. The lowest BCUT2D eigenvalue weighted by atomic mass is 9.91. The Hall–Kier alpha value is -2.44. The van der Waals surface area contributed by atoms with E-state index in [2.05, 4.69) is 10.6 Å². The van der Waals surface area contributed by atoms with E-state index < -0.39 is 12.0 Å². The van der Waals surface area contributed by atoms with Crippen molar-refractivity contribution in [1.82, 2.24) is 10.6 Å². The van der Waals surface area contributed by atoms with E-state index in [1.807, 2.05) is 56.3 Å². The first-order valence-electron chi connectivity index (χ1n) is 9.32. The number of benzene rings is 2. The molecule has 0 aromatic heterocycles. The van der Waals surface area contributed by atoms with Gasteiger partial charge in [-0.05, 0) is 56.2 Å². The van der Waals surface area contributed by atoms with Crippen LogP contribution in [0.1, 0.15) is 29.7 Å². The predicted molar refractivity (Wildman–Crippen MR) is 116 cm³/mol. The molecule has 2 aromatic carbocycles. The Morgan fingerprint density at radius 2 is 1.90 bits per heavy atom.